The zero-order chi connectivity index (χ0) is 7.84. The molecule has 0 spiro atoms. The molecule has 0 aliphatic heterocycles. The van der Waals surface area contributed by atoms with Gasteiger partial charge in [0.1, 0.15) is 0 Å². The van der Waals surface area contributed by atoms with E-state index in [-0.39, 0.29) is 0 Å². The van der Waals surface area contributed by atoms with Crippen LogP contribution in [0.15, 0.2) is 0 Å². The quantitative estimate of drug-likeness (QED) is 0.554. The van der Waals surface area contributed by atoms with Crippen LogP contribution in [0, 0.1) is 19.3 Å². The van der Waals surface area contributed by atoms with E-state index in [0.29, 0.717) is 5.92 Å². The molecule has 1 aliphatic rings. The molecule has 1 radical (unpaired) electrons. The van der Waals surface area contributed by atoms with Gasteiger partial charge in [-0.15, -0.1) is 11.3 Å². The largest absolute Gasteiger partial charge is 0.242 e. The molecule has 0 saturated carbocycles. The highest BCUT2D eigenvalue weighted by molar-refractivity contribution is 7.09. The van der Waals surface area contributed by atoms with E-state index in [1.807, 2.05) is 0 Å². The van der Waals surface area contributed by atoms with Crippen molar-refractivity contribution in [2.45, 2.75) is 13.8 Å². The zero-order valence-electron chi connectivity index (χ0n) is 6.66. The molecule has 1 unspecified atom stereocenters. The lowest BCUT2D eigenvalue weighted by Crippen LogP contribution is -2.25. The molecule has 1 aromatic heterocycles. The van der Waals surface area contributed by atoms with Crippen molar-refractivity contribution >= 4 is 23.5 Å². The maximum absolute atomic E-state index is 4.39. The predicted octanol–water partition coefficient (Wildman–Crippen LogP) is 0.867. The van der Waals surface area contributed by atoms with Gasteiger partial charge in [0.2, 0.25) is 0 Å². The zero-order valence-corrected chi connectivity index (χ0v) is 7.48. The van der Waals surface area contributed by atoms with Crippen LogP contribution in [0.2, 0.25) is 0 Å². The Bertz CT molecular complexity index is 375. The molecular formula is C9H10NS. The topological polar surface area (TPSA) is 12.9 Å². The first-order chi connectivity index (χ1) is 5.25. The van der Waals surface area contributed by atoms with Gasteiger partial charge in [-0.1, -0.05) is 19.1 Å². The van der Waals surface area contributed by atoms with Crippen molar-refractivity contribution in [1.82, 2.24) is 4.98 Å². The fourth-order valence-corrected chi connectivity index (χ4v) is 2.20. The fourth-order valence-electron chi connectivity index (χ4n) is 1.24. The Labute approximate surface area is 70.1 Å². The summed E-state index contributed by atoms with van der Waals surface area (Å²) in [7, 11) is 0. The minimum Gasteiger partial charge on any atom is -0.242 e. The molecule has 1 aromatic rings. The van der Waals surface area contributed by atoms with E-state index in [2.05, 4.69) is 37.4 Å². The summed E-state index contributed by atoms with van der Waals surface area (Å²) in [5, 5.41) is 2.30. The molecule has 1 nitrogen and oxygen atoms in total. The molecule has 57 valence electrons. The molecule has 1 aliphatic carbocycles. The van der Waals surface area contributed by atoms with Gasteiger partial charge in [0.05, 0.1) is 14.9 Å². The van der Waals surface area contributed by atoms with Crippen molar-refractivity contribution in [2.75, 3.05) is 0 Å². The third-order valence-electron chi connectivity index (χ3n) is 1.76. The minimum atomic E-state index is 0.572. The molecular weight excluding hydrogens is 154 g/mol. The number of fused-ring (bicyclic) bond motifs is 1. The Morgan fingerprint density at radius 3 is 3.18 bits per heavy atom. The van der Waals surface area contributed by atoms with Crippen LogP contribution < -0.4 is 9.88 Å². The van der Waals surface area contributed by atoms with E-state index >= 15 is 0 Å². The molecule has 1 atom stereocenters. The van der Waals surface area contributed by atoms with Crippen molar-refractivity contribution in [3.8, 4) is 0 Å². The van der Waals surface area contributed by atoms with Crippen LogP contribution in [0.4, 0.5) is 0 Å². The Hall–Kier alpha value is -0.630. The van der Waals surface area contributed by atoms with E-state index in [9.17, 15) is 0 Å². The number of nitrogens with zero attached hydrogens (tertiary/aromatic N) is 1. The Morgan fingerprint density at radius 1 is 1.55 bits per heavy atom. The number of hydrogen-bond donors (Lipinski definition) is 0. The first kappa shape index (κ1) is 7.04. The standard InChI is InChI=1S/C9H10NS/c1-6-3-4-8-9(5-6)11-7(2)10-8/h3-6H,1-2H3. The second kappa shape index (κ2) is 2.45. The van der Waals surface area contributed by atoms with Gasteiger partial charge in [0.25, 0.3) is 0 Å². The summed E-state index contributed by atoms with van der Waals surface area (Å²) in [6.07, 6.45) is 6.56. The van der Waals surface area contributed by atoms with Crippen molar-refractivity contribution < 1.29 is 0 Å². The number of aryl methyl sites for hydroxylation is 1. The minimum absolute atomic E-state index is 0.572. The Balaban J connectivity index is 2.72. The lowest BCUT2D eigenvalue weighted by Gasteiger charge is -2.01. The molecule has 11 heavy (non-hydrogen) atoms. The monoisotopic (exact) mass is 164 g/mol. The molecule has 0 saturated heterocycles. The molecule has 1 heterocycles. The Morgan fingerprint density at radius 2 is 2.36 bits per heavy atom. The van der Waals surface area contributed by atoms with Gasteiger partial charge in [0, 0.05) is 0 Å². The molecule has 0 fully saturated rings. The molecule has 0 N–H and O–H groups in total. The summed E-state index contributed by atoms with van der Waals surface area (Å²) in [5.74, 6) is 0.572. The van der Waals surface area contributed by atoms with Crippen LogP contribution in [0.3, 0.4) is 0 Å². The maximum atomic E-state index is 4.39. The van der Waals surface area contributed by atoms with Gasteiger partial charge in [-0.25, -0.2) is 4.98 Å². The SMILES string of the molecule is Cc1nc2c(s1)=CC(C)[CH]C=2. The maximum Gasteiger partial charge on any atom is 0.0907 e. The predicted molar refractivity (Wildman–Crippen MR) is 48.5 cm³/mol. The smallest absolute Gasteiger partial charge is 0.0907 e. The lowest BCUT2D eigenvalue weighted by atomic mass is 10.1. The highest BCUT2D eigenvalue weighted by Gasteiger charge is 2.03. The summed E-state index contributed by atoms with van der Waals surface area (Å²) in [5.41, 5.74) is 0. The highest BCUT2D eigenvalue weighted by atomic mass is 32.1. The van der Waals surface area contributed by atoms with E-state index in [0.717, 1.165) is 10.4 Å². The highest BCUT2D eigenvalue weighted by Crippen LogP contribution is 2.06. The number of hydrogen-bond acceptors (Lipinski definition) is 2. The summed E-state index contributed by atoms with van der Waals surface area (Å²) in [6, 6.07) is 0. The second-order valence-electron chi connectivity index (χ2n) is 2.87. The van der Waals surface area contributed by atoms with Gasteiger partial charge in [-0.2, -0.15) is 0 Å². The number of aromatic nitrogens is 1. The van der Waals surface area contributed by atoms with Crippen LogP contribution in [-0.4, -0.2) is 4.98 Å². The van der Waals surface area contributed by atoms with Gasteiger partial charge < -0.3 is 0 Å². The number of thiazole rings is 1. The van der Waals surface area contributed by atoms with E-state index in [1.54, 1.807) is 11.3 Å². The van der Waals surface area contributed by atoms with Gasteiger partial charge in [0.15, 0.2) is 0 Å². The van der Waals surface area contributed by atoms with Gasteiger partial charge in [-0.3, -0.25) is 0 Å². The van der Waals surface area contributed by atoms with Gasteiger partial charge >= 0.3 is 0 Å². The average Bonchev–Trinajstić information content (AvgIpc) is 2.27. The average molecular weight is 164 g/mol. The van der Waals surface area contributed by atoms with Crippen LogP contribution in [0.25, 0.3) is 12.2 Å². The summed E-state index contributed by atoms with van der Waals surface area (Å²) in [4.78, 5) is 4.39. The molecule has 2 rings (SSSR count). The second-order valence-corrected chi connectivity index (χ2v) is 4.10. The summed E-state index contributed by atoms with van der Waals surface area (Å²) >= 11 is 1.78. The van der Waals surface area contributed by atoms with Crippen molar-refractivity contribution in [2.24, 2.45) is 5.92 Å². The fraction of sp³-hybridized carbons (Fsp3) is 0.333. The van der Waals surface area contributed by atoms with Crippen LogP contribution in [0.1, 0.15) is 11.9 Å². The normalized spacial score (nSPS) is 21.8. The first-order valence-electron chi connectivity index (χ1n) is 3.76. The van der Waals surface area contributed by atoms with Crippen molar-refractivity contribution in [3.05, 3.63) is 21.3 Å². The number of rotatable bonds is 0. The van der Waals surface area contributed by atoms with Crippen LogP contribution in [0.5, 0.6) is 0 Å². The van der Waals surface area contributed by atoms with Crippen LogP contribution >= 0.6 is 11.3 Å². The molecule has 0 amide bonds. The third-order valence-corrected chi connectivity index (χ3v) is 2.71. The summed E-state index contributed by atoms with van der Waals surface area (Å²) in [6.45, 7) is 4.24. The first-order valence-corrected chi connectivity index (χ1v) is 4.58. The summed E-state index contributed by atoms with van der Waals surface area (Å²) < 4.78 is 1.33. The van der Waals surface area contributed by atoms with E-state index in [1.165, 1.54) is 4.53 Å². The third kappa shape index (κ3) is 1.23. The lowest BCUT2D eigenvalue weighted by molar-refractivity contribution is 0.940. The van der Waals surface area contributed by atoms with E-state index in [4.69, 9.17) is 0 Å². The molecule has 2 heteroatoms. The molecule has 0 aromatic carbocycles. The molecule has 0 bridgehead atoms. The van der Waals surface area contributed by atoms with Crippen molar-refractivity contribution in [3.63, 3.8) is 0 Å². The van der Waals surface area contributed by atoms with Gasteiger partial charge in [-0.05, 0) is 19.3 Å². The Kier molecular flexibility index (Phi) is 1.57. The van der Waals surface area contributed by atoms with Crippen molar-refractivity contribution in [1.29, 1.82) is 0 Å². The van der Waals surface area contributed by atoms with Crippen LogP contribution in [-0.2, 0) is 0 Å². The van der Waals surface area contributed by atoms with E-state index < -0.39 is 0 Å².